The largest absolute Gasteiger partial charge is 0.464 e. The Morgan fingerprint density at radius 2 is 2.22 bits per heavy atom. The predicted octanol–water partition coefficient (Wildman–Crippen LogP) is 2.70. The molecule has 0 heterocycles. The summed E-state index contributed by atoms with van der Waals surface area (Å²) in [5.74, 6) is -2.02. The van der Waals surface area contributed by atoms with Crippen LogP contribution in [0.15, 0.2) is 22.7 Å². The van der Waals surface area contributed by atoms with Crippen LogP contribution in [0, 0.1) is 5.82 Å². The Morgan fingerprint density at radius 1 is 1.61 bits per heavy atom. The number of hydrogen-bond donors (Lipinski definition) is 1. The number of rotatable bonds is 4. The third-order valence-corrected chi connectivity index (χ3v) is 2.96. The van der Waals surface area contributed by atoms with Crippen LogP contribution in [0.1, 0.15) is 19.4 Å². The van der Waals surface area contributed by atoms with Crippen LogP contribution in [0.5, 0.6) is 0 Å². The van der Waals surface area contributed by atoms with Crippen molar-refractivity contribution < 1.29 is 23.4 Å². The summed E-state index contributed by atoms with van der Waals surface area (Å²) in [5, 5.41) is 9.99. The Labute approximate surface area is 112 Å². The quantitative estimate of drug-likeness (QED) is 0.867. The third kappa shape index (κ3) is 3.05. The van der Waals surface area contributed by atoms with E-state index in [1.807, 2.05) is 0 Å². The van der Waals surface area contributed by atoms with E-state index in [0.717, 1.165) is 13.0 Å². The third-order valence-electron chi connectivity index (χ3n) is 2.46. The maximum absolute atomic E-state index is 13.8. The Morgan fingerprint density at radius 3 is 2.72 bits per heavy atom. The molecule has 1 aromatic carbocycles. The van der Waals surface area contributed by atoms with Gasteiger partial charge in [0.25, 0.3) is 0 Å². The van der Waals surface area contributed by atoms with Crippen LogP contribution in [0.2, 0.25) is 0 Å². The molecule has 0 bridgehead atoms. The van der Waals surface area contributed by atoms with Gasteiger partial charge in [0, 0.05) is 10.0 Å². The minimum Gasteiger partial charge on any atom is -0.464 e. The molecule has 0 aliphatic carbocycles. The Hall–Kier alpha value is -1.01. The Kier molecular flexibility index (Phi) is 4.81. The Bertz CT molecular complexity index is 449. The molecule has 6 heteroatoms. The van der Waals surface area contributed by atoms with Crippen molar-refractivity contribution in [2.24, 2.45) is 0 Å². The lowest BCUT2D eigenvalue weighted by Gasteiger charge is -2.26. The molecule has 1 N–H and O–H groups in total. The van der Waals surface area contributed by atoms with Crippen LogP contribution >= 0.6 is 15.9 Å². The van der Waals surface area contributed by atoms with E-state index in [1.165, 1.54) is 19.1 Å². The predicted molar refractivity (Wildman–Crippen MR) is 65.2 cm³/mol. The number of carbonyl (C=O) groups excluding carboxylic acids is 1. The molecule has 0 radical (unpaired) electrons. The van der Waals surface area contributed by atoms with Gasteiger partial charge in [0.15, 0.2) is 0 Å². The van der Waals surface area contributed by atoms with Gasteiger partial charge in [-0.05, 0) is 26.0 Å². The molecule has 0 fully saturated rings. The molecule has 0 saturated carbocycles. The highest BCUT2D eigenvalue weighted by Gasteiger charge is 2.42. The standard InChI is InChI=1S/C12H13BrF2O3/c1-3-18-11(16)10(15)12(2,17)8-5-4-7(13)6-9(8)14/h4-6,10,17H,3H2,1-2H3. The molecule has 0 amide bonds. The van der Waals surface area contributed by atoms with Crippen LogP contribution in [0.3, 0.4) is 0 Å². The Balaban J connectivity index is 3.08. The molecule has 0 aliphatic heterocycles. The second kappa shape index (κ2) is 5.75. The first-order valence-electron chi connectivity index (χ1n) is 5.29. The summed E-state index contributed by atoms with van der Waals surface area (Å²) >= 11 is 3.05. The molecule has 2 atom stereocenters. The fraction of sp³-hybridized carbons (Fsp3) is 0.417. The lowest BCUT2D eigenvalue weighted by molar-refractivity contribution is -0.160. The van der Waals surface area contributed by atoms with Gasteiger partial charge < -0.3 is 9.84 Å². The van der Waals surface area contributed by atoms with Crippen molar-refractivity contribution in [1.82, 2.24) is 0 Å². The van der Waals surface area contributed by atoms with Gasteiger partial charge in [0.2, 0.25) is 6.17 Å². The van der Waals surface area contributed by atoms with E-state index in [1.54, 1.807) is 0 Å². The molecule has 3 nitrogen and oxygen atoms in total. The van der Waals surface area contributed by atoms with Gasteiger partial charge in [-0.3, -0.25) is 0 Å². The molecular weight excluding hydrogens is 310 g/mol. The van der Waals surface area contributed by atoms with Crippen LogP contribution in [0.25, 0.3) is 0 Å². The van der Waals surface area contributed by atoms with E-state index in [-0.39, 0.29) is 12.2 Å². The fourth-order valence-corrected chi connectivity index (χ4v) is 1.81. The first-order chi connectivity index (χ1) is 8.30. The van der Waals surface area contributed by atoms with Gasteiger partial charge in [-0.1, -0.05) is 22.0 Å². The number of esters is 1. The summed E-state index contributed by atoms with van der Waals surface area (Å²) in [6.07, 6.45) is -2.35. The molecule has 0 aliphatic rings. The summed E-state index contributed by atoms with van der Waals surface area (Å²) in [6, 6.07) is 3.75. The second-order valence-corrected chi connectivity index (χ2v) is 4.80. The van der Waals surface area contributed by atoms with Gasteiger partial charge in [0.1, 0.15) is 11.4 Å². The van der Waals surface area contributed by atoms with Gasteiger partial charge in [0.05, 0.1) is 6.61 Å². The van der Waals surface area contributed by atoms with Crippen molar-refractivity contribution in [3.05, 3.63) is 34.1 Å². The highest BCUT2D eigenvalue weighted by molar-refractivity contribution is 9.10. The van der Waals surface area contributed by atoms with E-state index in [0.29, 0.717) is 4.47 Å². The van der Waals surface area contributed by atoms with Crippen molar-refractivity contribution in [2.75, 3.05) is 6.61 Å². The van der Waals surface area contributed by atoms with E-state index in [4.69, 9.17) is 0 Å². The number of ether oxygens (including phenoxy) is 1. The minimum absolute atomic E-state index is 0.0157. The zero-order chi connectivity index (χ0) is 13.9. The first kappa shape index (κ1) is 15.0. The summed E-state index contributed by atoms with van der Waals surface area (Å²) in [6.45, 7) is 2.53. The molecule has 100 valence electrons. The summed E-state index contributed by atoms with van der Waals surface area (Å²) < 4.78 is 32.4. The highest BCUT2D eigenvalue weighted by atomic mass is 79.9. The van der Waals surface area contributed by atoms with Crippen molar-refractivity contribution in [2.45, 2.75) is 25.6 Å². The normalized spacial score (nSPS) is 15.9. The molecule has 2 unspecified atom stereocenters. The fourth-order valence-electron chi connectivity index (χ4n) is 1.48. The molecule has 0 spiro atoms. The molecule has 0 aromatic heterocycles. The lowest BCUT2D eigenvalue weighted by atomic mass is 9.90. The van der Waals surface area contributed by atoms with Crippen molar-refractivity contribution in [1.29, 1.82) is 0 Å². The molecule has 1 aromatic rings. The van der Waals surface area contributed by atoms with Gasteiger partial charge in [-0.25, -0.2) is 13.6 Å². The number of carbonyl (C=O) groups is 1. The highest BCUT2D eigenvalue weighted by Crippen LogP contribution is 2.31. The number of aliphatic hydroxyl groups is 1. The number of hydrogen-bond acceptors (Lipinski definition) is 3. The maximum Gasteiger partial charge on any atom is 0.344 e. The zero-order valence-electron chi connectivity index (χ0n) is 9.91. The summed E-state index contributed by atoms with van der Waals surface area (Å²) in [4.78, 5) is 11.3. The van der Waals surface area contributed by atoms with Crippen molar-refractivity contribution in [3.8, 4) is 0 Å². The van der Waals surface area contributed by atoms with Crippen molar-refractivity contribution in [3.63, 3.8) is 0 Å². The van der Waals surface area contributed by atoms with Crippen LogP contribution in [0.4, 0.5) is 8.78 Å². The van der Waals surface area contributed by atoms with Gasteiger partial charge >= 0.3 is 5.97 Å². The van der Waals surface area contributed by atoms with Crippen LogP contribution in [-0.2, 0) is 15.1 Å². The topological polar surface area (TPSA) is 46.5 Å². The van der Waals surface area contributed by atoms with E-state index in [9.17, 15) is 18.7 Å². The number of halogens is 3. The van der Waals surface area contributed by atoms with E-state index in [2.05, 4.69) is 20.7 Å². The average Bonchev–Trinajstić information content (AvgIpc) is 2.27. The zero-order valence-corrected chi connectivity index (χ0v) is 11.5. The summed E-state index contributed by atoms with van der Waals surface area (Å²) in [7, 11) is 0. The molecule has 1 rings (SSSR count). The maximum atomic E-state index is 13.8. The smallest absolute Gasteiger partial charge is 0.344 e. The van der Waals surface area contributed by atoms with Crippen LogP contribution in [-0.4, -0.2) is 23.9 Å². The molecule has 0 saturated heterocycles. The molecular formula is C12H13BrF2O3. The number of benzene rings is 1. The van der Waals surface area contributed by atoms with E-state index < -0.39 is 23.6 Å². The molecule has 18 heavy (non-hydrogen) atoms. The SMILES string of the molecule is CCOC(=O)C(F)C(C)(O)c1ccc(Br)cc1F. The first-order valence-corrected chi connectivity index (χ1v) is 6.08. The summed E-state index contributed by atoms with van der Waals surface area (Å²) in [5.41, 5.74) is -2.58. The number of alkyl halides is 1. The average molecular weight is 323 g/mol. The van der Waals surface area contributed by atoms with Crippen LogP contribution < -0.4 is 0 Å². The van der Waals surface area contributed by atoms with Gasteiger partial charge in [-0.15, -0.1) is 0 Å². The lowest BCUT2D eigenvalue weighted by Crippen LogP contribution is -2.40. The van der Waals surface area contributed by atoms with E-state index >= 15 is 0 Å². The minimum atomic E-state index is -2.35. The monoisotopic (exact) mass is 322 g/mol. The van der Waals surface area contributed by atoms with Gasteiger partial charge in [-0.2, -0.15) is 0 Å². The second-order valence-electron chi connectivity index (χ2n) is 3.89. The van der Waals surface area contributed by atoms with Crippen molar-refractivity contribution >= 4 is 21.9 Å².